The van der Waals surface area contributed by atoms with Gasteiger partial charge in [0.05, 0.1) is 5.69 Å². The van der Waals surface area contributed by atoms with Gasteiger partial charge in [-0.25, -0.2) is 4.68 Å². The zero-order chi connectivity index (χ0) is 17.6. The number of para-hydroxylation sites is 1. The summed E-state index contributed by atoms with van der Waals surface area (Å²) < 4.78 is 1.91. The molecule has 0 saturated carbocycles. The van der Waals surface area contributed by atoms with Gasteiger partial charge in [0.15, 0.2) is 5.96 Å². The van der Waals surface area contributed by atoms with Crippen LogP contribution in [0, 0.1) is 5.92 Å². The Morgan fingerprint density at radius 3 is 2.85 bits per heavy atom. The predicted octanol–water partition coefficient (Wildman–Crippen LogP) is 3.64. The fraction of sp³-hybridized carbons (Fsp3) is 0.474. The lowest BCUT2D eigenvalue weighted by Gasteiger charge is -2.36. The van der Waals surface area contributed by atoms with Crippen molar-refractivity contribution >= 4 is 41.7 Å². The molecule has 1 aliphatic rings. The summed E-state index contributed by atoms with van der Waals surface area (Å²) in [5, 5.41) is 8.57. The number of thioether (sulfide) groups is 1. The smallest absolute Gasteiger partial charge is 0.193 e. The number of hydrogen-bond acceptors (Lipinski definition) is 3. The Balaban J connectivity index is 0.00000243. The van der Waals surface area contributed by atoms with Crippen LogP contribution in [0.1, 0.15) is 19.4 Å². The first-order valence-corrected chi connectivity index (χ1v) is 9.89. The van der Waals surface area contributed by atoms with Gasteiger partial charge in [0.25, 0.3) is 0 Å². The lowest BCUT2D eigenvalue weighted by molar-refractivity contribution is 0.380. The molecule has 3 rings (SSSR count). The summed E-state index contributed by atoms with van der Waals surface area (Å²) in [4.78, 5) is 6.90. The molecule has 1 saturated heterocycles. The summed E-state index contributed by atoms with van der Waals surface area (Å²) >= 11 is 2.08. The lowest BCUT2D eigenvalue weighted by Crippen LogP contribution is -2.48. The molecule has 0 radical (unpaired) electrons. The SMILES string of the molecule is CN=C(NCc1ccccc1-n1cccn1)N1CCSC(C(C)C)C1.I. The van der Waals surface area contributed by atoms with Crippen molar-refractivity contribution in [2.24, 2.45) is 10.9 Å². The standard InChI is InChI=1S/C19H27N5S.HI/c1-15(2)18-14-23(11-12-25-18)19(20-3)21-13-16-7-4-5-8-17(16)24-10-6-9-22-24;/h4-10,15,18H,11-14H2,1-3H3,(H,20,21);1H. The molecule has 7 heteroatoms. The Kier molecular flexibility index (Phi) is 8.27. The maximum absolute atomic E-state index is 4.51. The topological polar surface area (TPSA) is 45.5 Å². The van der Waals surface area contributed by atoms with Crippen LogP contribution in [0.15, 0.2) is 47.7 Å². The number of nitrogens with one attached hydrogen (secondary N) is 1. The summed E-state index contributed by atoms with van der Waals surface area (Å²) in [6.45, 7) is 7.45. The predicted molar refractivity (Wildman–Crippen MR) is 122 cm³/mol. The summed E-state index contributed by atoms with van der Waals surface area (Å²) in [5.74, 6) is 2.83. The largest absolute Gasteiger partial charge is 0.352 e. The van der Waals surface area contributed by atoms with Crippen molar-refractivity contribution in [3.05, 3.63) is 48.3 Å². The summed E-state index contributed by atoms with van der Waals surface area (Å²) in [5.41, 5.74) is 2.31. The maximum atomic E-state index is 4.51. The van der Waals surface area contributed by atoms with Crippen molar-refractivity contribution in [2.45, 2.75) is 25.6 Å². The molecule has 0 spiro atoms. The molecule has 1 atom stereocenters. The zero-order valence-corrected chi connectivity index (χ0v) is 18.8. The zero-order valence-electron chi connectivity index (χ0n) is 15.6. The number of nitrogens with zero attached hydrogens (tertiary/aromatic N) is 4. The molecule has 1 aromatic heterocycles. The number of guanidine groups is 1. The minimum atomic E-state index is 0. The highest BCUT2D eigenvalue weighted by Crippen LogP contribution is 2.25. The Hall–Kier alpha value is -1.22. The first-order chi connectivity index (χ1) is 12.2. The molecular weight excluding hydrogens is 457 g/mol. The Morgan fingerprint density at radius 2 is 2.15 bits per heavy atom. The highest BCUT2D eigenvalue weighted by molar-refractivity contribution is 14.0. The normalized spacial score (nSPS) is 17.9. The monoisotopic (exact) mass is 485 g/mol. The minimum absolute atomic E-state index is 0. The summed E-state index contributed by atoms with van der Waals surface area (Å²) in [7, 11) is 1.87. The van der Waals surface area contributed by atoms with Gasteiger partial charge in [-0.15, -0.1) is 24.0 Å². The average Bonchev–Trinajstić information content (AvgIpc) is 3.17. The molecule has 1 aromatic carbocycles. The van der Waals surface area contributed by atoms with Crippen molar-refractivity contribution in [2.75, 3.05) is 25.9 Å². The van der Waals surface area contributed by atoms with Crippen molar-refractivity contribution in [1.29, 1.82) is 0 Å². The van der Waals surface area contributed by atoms with Crippen LogP contribution in [-0.2, 0) is 6.54 Å². The van der Waals surface area contributed by atoms with Gasteiger partial charge in [0, 0.05) is 50.1 Å². The number of benzene rings is 1. The molecule has 5 nitrogen and oxygen atoms in total. The highest BCUT2D eigenvalue weighted by atomic mass is 127. The molecule has 0 aliphatic carbocycles. The van der Waals surface area contributed by atoms with Crippen LogP contribution in [0.2, 0.25) is 0 Å². The Morgan fingerprint density at radius 1 is 1.35 bits per heavy atom. The van der Waals surface area contributed by atoms with E-state index in [0.29, 0.717) is 11.2 Å². The van der Waals surface area contributed by atoms with Crippen molar-refractivity contribution in [3.63, 3.8) is 0 Å². The third-order valence-electron chi connectivity index (χ3n) is 4.53. The maximum Gasteiger partial charge on any atom is 0.193 e. The third kappa shape index (κ3) is 5.16. The van der Waals surface area contributed by atoms with Crippen LogP contribution in [0.25, 0.3) is 5.69 Å². The highest BCUT2D eigenvalue weighted by Gasteiger charge is 2.24. The molecule has 1 unspecified atom stereocenters. The van der Waals surface area contributed by atoms with E-state index in [4.69, 9.17) is 0 Å². The number of hydrogen-bond donors (Lipinski definition) is 1. The molecule has 2 aromatic rings. The molecule has 0 amide bonds. The van der Waals surface area contributed by atoms with Crippen molar-refractivity contribution < 1.29 is 0 Å². The van der Waals surface area contributed by atoms with Gasteiger partial charge >= 0.3 is 0 Å². The van der Waals surface area contributed by atoms with Gasteiger partial charge in [0.2, 0.25) is 0 Å². The molecule has 1 aliphatic heterocycles. The van der Waals surface area contributed by atoms with E-state index in [9.17, 15) is 0 Å². The van der Waals surface area contributed by atoms with Gasteiger partial charge in [-0.2, -0.15) is 16.9 Å². The van der Waals surface area contributed by atoms with E-state index in [1.807, 2.05) is 30.1 Å². The second-order valence-corrected chi connectivity index (χ2v) is 7.93. The van der Waals surface area contributed by atoms with Gasteiger partial charge in [0.1, 0.15) is 0 Å². The Labute approximate surface area is 177 Å². The van der Waals surface area contributed by atoms with E-state index < -0.39 is 0 Å². The molecule has 0 bridgehead atoms. The van der Waals surface area contributed by atoms with Crippen LogP contribution < -0.4 is 5.32 Å². The minimum Gasteiger partial charge on any atom is -0.352 e. The van der Waals surface area contributed by atoms with Crippen LogP contribution >= 0.6 is 35.7 Å². The molecule has 142 valence electrons. The lowest BCUT2D eigenvalue weighted by atomic mass is 10.1. The molecular formula is C19H28IN5S. The van der Waals surface area contributed by atoms with E-state index in [1.54, 1.807) is 6.20 Å². The van der Waals surface area contributed by atoms with E-state index in [1.165, 1.54) is 5.56 Å². The second kappa shape index (κ2) is 10.2. The van der Waals surface area contributed by atoms with Crippen LogP contribution in [-0.4, -0.2) is 51.8 Å². The number of aliphatic imine (C=N–C) groups is 1. The third-order valence-corrected chi connectivity index (χ3v) is 6.07. The first-order valence-electron chi connectivity index (χ1n) is 8.84. The number of rotatable bonds is 4. The second-order valence-electron chi connectivity index (χ2n) is 6.58. The van der Waals surface area contributed by atoms with Gasteiger partial charge in [-0.05, 0) is 23.6 Å². The molecule has 1 N–H and O–H groups in total. The van der Waals surface area contributed by atoms with Crippen LogP contribution in [0.5, 0.6) is 0 Å². The van der Waals surface area contributed by atoms with E-state index in [-0.39, 0.29) is 24.0 Å². The molecule has 2 heterocycles. The first kappa shape index (κ1) is 21.1. The van der Waals surface area contributed by atoms with Gasteiger partial charge in [-0.3, -0.25) is 4.99 Å². The van der Waals surface area contributed by atoms with Crippen LogP contribution in [0.4, 0.5) is 0 Å². The average molecular weight is 485 g/mol. The van der Waals surface area contributed by atoms with Crippen molar-refractivity contribution in [1.82, 2.24) is 20.0 Å². The molecule has 26 heavy (non-hydrogen) atoms. The fourth-order valence-electron chi connectivity index (χ4n) is 3.07. The van der Waals surface area contributed by atoms with E-state index in [2.05, 4.69) is 64.1 Å². The van der Waals surface area contributed by atoms with Crippen LogP contribution in [0.3, 0.4) is 0 Å². The Bertz CT molecular complexity index is 702. The number of aromatic nitrogens is 2. The van der Waals surface area contributed by atoms with Crippen molar-refractivity contribution in [3.8, 4) is 5.69 Å². The summed E-state index contributed by atoms with van der Waals surface area (Å²) in [6.07, 6.45) is 3.78. The quantitative estimate of drug-likeness (QED) is 0.408. The van der Waals surface area contributed by atoms with E-state index >= 15 is 0 Å². The van der Waals surface area contributed by atoms with Gasteiger partial charge < -0.3 is 10.2 Å². The number of halogens is 1. The summed E-state index contributed by atoms with van der Waals surface area (Å²) in [6, 6.07) is 10.3. The molecule has 1 fully saturated rings. The van der Waals surface area contributed by atoms with E-state index in [0.717, 1.165) is 37.0 Å². The fourth-order valence-corrected chi connectivity index (χ4v) is 4.37. The van der Waals surface area contributed by atoms with Gasteiger partial charge in [-0.1, -0.05) is 32.0 Å².